The smallest absolute Gasteiger partial charge is 0.339 e. The van der Waals surface area contributed by atoms with Crippen LogP contribution in [0.25, 0.3) is 0 Å². The van der Waals surface area contributed by atoms with Gasteiger partial charge in [-0.25, -0.2) is 4.79 Å². The summed E-state index contributed by atoms with van der Waals surface area (Å²) in [6, 6.07) is 3.39. The molecular formula is C12H15BrO3. The van der Waals surface area contributed by atoms with Gasteiger partial charge in [0.1, 0.15) is 11.3 Å². The fourth-order valence-corrected chi connectivity index (χ4v) is 2.25. The number of hydrogen-bond acceptors (Lipinski definition) is 2. The van der Waals surface area contributed by atoms with Crippen molar-refractivity contribution in [1.29, 1.82) is 0 Å². The zero-order valence-electron chi connectivity index (χ0n) is 9.58. The standard InChI is InChI=1S/C12H15BrO3/c1-4-16-11-6-8(7(2)3)10(13)5-9(11)12(14)15/h5-7H,4H2,1-3H3,(H,14,15). The van der Waals surface area contributed by atoms with Gasteiger partial charge in [0.2, 0.25) is 0 Å². The van der Waals surface area contributed by atoms with Crippen LogP contribution in [0.2, 0.25) is 0 Å². The van der Waals surface area contributed by atoms with Crippen LogP contribution in [0.15, 0.2) is 16.6 Å². The molecule has 88 valence electrons. The Morgan fingerprint density at radius 1 is 1.50 bits per heavy atom. The molecule has 0 atom stereocenters. The zero-order valence-corrected chi connectivity index (χ0v) is 11.2. The van der Waals surface area contributed by atoms with Gasteiger partial charge in [0.05, 0.1) is 6.61 Å². The Morgan fingerprint density at radius 2 is 2.12 bits per heavy atom. The van der Waals surface area contributed by atoms with E-state index in [0.717, 1.165) is 10.0 Å². The second-order valence-electron chi connectivity index (χ2n) is 3.76. The normalized spacial score (nSPS) is 10.6. The highest BCUT2D eigenvalue weighted by Gasteiger charge is 2.16. The van der Waals surface area contributed by atoms with E-state index in [1.807, 2.05) is 6.92 Å². The van der Waals surface area contributed by atoms with E-state index < -0.39 is 5.97 Å². The number of carbonyl (C=O) groups is 1. The Bertz CT molecular complexity index is 399. The molecule has 0 aliphatic carbocycles. The number of benzene rings is 1. The lowest BCUT2D eigenvalue weighted by Gasteiger charge is -2.13. The van der Waals surface area contributed by atoms with Gasteiger partial charge in [-0.2, -0.15) is 0 Å². The Labute approximate surface area is 104 Å². The predicted molar refractivity (Wildman–Crippen MR) is 66.4 cm³/mol. The number of ether oxygens (including phenoxy) is 1. The highest BCUT2D eigenvalue weighted by atomic mass is 79.9. The Hall–Kier alpha value is -1.03. The van der Waals surface area contributed by atoms with Crippen LogP contribution >= 0.6 is 15.9 Å². The van der Waals surface area contributed by atoms with Crippen molar-refractivity contribution in [3.05, 3.63) is 27.7 Å². The van der Waals surface area contributed by atoms with E-state index in [9.17, 15) is 4.79 Å². The summed E-state index contributed by atoms with van der Waals surface area (Å²) in [5, 5.41) is 9.05. The van der Waals surface area contributed by atoms with Gasteiger partial charge in [0.15, 0.2) is 0 Å². The molecule has 1 N–H and O–H groups in total. The van der Waals surface area contributed by atoms with Crippen LogP contribution < -0.4 is 4.74 Å². The van der Waals surface area contributed by atoms with Crippen molar-refractivity contribution in [2.24, 2.45) is 0 Å². The minimum absolute atomic E-state index is 0.193. The van der Waals surface area contributed by atoms with Gasteiger partial charge >= 0.3 is 5.97 Å². The van der Waals surface area contributed by atoms with Crippen molar-refractivity contribution in [1.82, 2.24) is 0 Å². The SMILES string of the molecule is CCOc1cc(C(C)C)c(Br)cc1C(=O)O. The molecule has 16 heavy (non-hydrogen) atoms. The van der Waals surface area contributed by atoms with E-state index in [0.29, 0.717) is 18.3 Å². The molecule has 0 heterocycles. The van der Waals surface area contributed by atoms with Crippen molar-refractivity contribution in [2.45, 2.75) is 26.7 Å². The molecule has 0 unspecified atom stereocenters. The maximum atomic E-state index is 11.0. The predicted octanol–water partition coefficient (Wildman–Crippen LogP) is 3.67. The van der Waals surface area contributed by atoms with E-state index in [2.05, 4.69) is 29.8 Å². The van der Waals surface area contributed by atoms with Crippen molar-refractivity contribution in [3.8, 4) is 5.75 Å². The van der Waals surface area contributed by atoms with E-state index in [-0.39, 0.29) is 5.56 Å². The lowest BCUT2D eigenvalue weighted by atomic mass is 10.0. The van der Waals surface area contributed by atoms with Gasteiger partial charge in [-0.15, -0.1) is 0 Å². The first kappa shape index (κ1) is 13.0. The molecule has 0 saturated carbocycles. The molecule has 3 nitrogen and oxygen atoms in total. The summed E-state index contributed by atoms with van der Waals surface area (Å²) in [7, 11) is 0. The second kappa shape index (κ2) is 5.34. The number of carboxylic acids is 1. The monoisotopic (exact) mass is 286 g/mol. The molecule has 0 amide bonds. The third-order valence-electron chi connectivity index (χ3n) is 2.25. The first-order valence-electron chi connectivity index (χ1n) is 5.16. The first-order valence-corrected chi connectivity index (χ1v) is 5.96. The fraction of sp³-hybridized carbons (Fsp3) is 0.417. The lowest BCUT2D eigenvalue weighted by molar-refractivity contribution is 0.0692. The maximum absolute atomic E-state index is 11.0. The Morgan fingerprint density at radius 3 is 2.56 bits per heavy atom. The van der Waals surface area contributed by atoms with Crippen LogP contribution in [0, 0.1) is 0 Å². The molecule has 1 rings (SSSR count). The van der Waals surface area contributed by atoms with Gasteiger partial charge in [-0.3, -0.25) is 0 Å². The molecule has 0 spiro atoms. The van der Waals surface area contributed by atoms with Crippen molar-refractivity contribution < 1.29 is 14.6 Å². The van der Waals surface area contributed by atoms with Gasteiger partial charge < -0.3 is 9.84 Å². The Balaban J connectivity index is 3.31. The van der Waals surface area contributed by atoms with Crippen molar-refractivity contribution >= 4 is 21.9 Å². The van der Waals surface area contributed by atoms with E-state index in [4.69, 9.17) is 9.84 Å². The molecule has 0 radical (unpaired) electrons. The number of carboxylic acid groups (broad SMARTS) is 1. The average molecular weight is 287 g/mol. The van der Waals surface area contributed by atoms with Crippen LogP contribution in [-0.2, 0) is 0 Å². The summed E-state index contributed by atoms with van der Waals surface area (Å²) in [5.74, 6) is -0.224. The number of halogens is 1. The summed E-state index contributed by atoms with van der Waals surface area (Å²) < 4.78 is 6.15. The van der Waals surface area contributed by atoms with Crippen LogP contribution in [0.1, 0.15) is 42.6 Å². The Kier molecular flexibility index (Phi) is 4.35. The minimum Gasteiger partial charge on any atom is -0.493 e. The van der Waals surface area contributed by atoms with Gasteiger partial charge in [0.25, 0.3) is 0 Å². The molecule has 1 aromatic rings. The molecule has 0 aliphatic rings. The van der Waals surface area contributed by atoms with Gasteiger partial charge in [0, 0.05) is 4.47 Å². The molecule has 0 fully saturated rings. The third kappa shape index (κ3) is 2.76. The highest BCUT2D eigenvalue weighted by Crippen LogP contribution is 2.32. The van der Waals surface area contributed by atoms with E-state index in [1.165, 1.54) is 0 Å². The molecule has 0 bridgehead atoms. The molecule has 4 heteroatoms. The van der Waals surface area contributed by atoms with Crippen LogP contribution in [-0.4, -0.2) is 17.7 Å². The number of rotatable bonds is 4. The summed E-state index contributed by atoms with van der Waals surface area (Å²) in [4.78, 5) is 11.0. The third-order valence-corrected chi connectivity index (χ3v) is 2.94. The summed E-state index contributed by atoms with van der Waals surface area (Å²) >= 11 is 3.38. The summed E-state index contributed by atoms with van der Waals surface area (Å²) in [6.07, 6.45) is 0. The number of hydrogen-bond donors (Lipinski definition) is 1. The molecule has 0 aromatic heterocycles. The average Bonchev–Trinajstić information content (AvgIpc) is 2.19. The van der Waals surface area contributed by atoms with Crippen molar-refractivity contribution in [2.75, 3.05) is 6.61 Å². The largest absolute Gasteiger partial charge is 0.493 e. The van der Waals surface area contributed by atoms with Crippen LogP contribution in [0.4, 0.5) is 0 Å². The molecular weight excluding hydrogens is 272 g/mol. The topological polar surface area (TPSA) is 46.5 Å². The second-order valence-corrected chi connectivity index (χ2v) is 4.62. The lowest BCUT2D eigenvalue weighted by Crippen LogP contribution is -2.05. The first-order chi connectivity index (χ1) is 7.47. The minimum atomic E-state index is -0.973. The van der Waals surface area contributed by atoms with Crippen LogP contribution in [0.3, 0.4) is 0 Å². The van der Waals surface area contributed by atoms with E-state index >= 15 is 0 Å². The summed E-state index contributed by atoms with van der Waals surface area (Å²) in [5.41, 5.74) is 1.24. The van der Waals surface area contributed by atoms with Crippen LogP contribution in [0.5, 0.6) is 5.75 Å². The molecule has 1 aromatic carbocycles. The van der Waals surface area contributed by atoms with Gasteiger partial charge in [-0.05, 0) is 30.5 Å². The fourth-order valence-electron chi connectivity index (χ4n) is 1.45. The molecule has 0 saturated heterocycles. The molecule has 0 aliphatic heterocycles. The summed E-state index contributed by atoms with van der Waals surface area (Å²) in [6.45, 7) is 6.40. The van der Waals surface area contributed by atoms with Crippen molar-refractivity contribution in [3.63, 3.8) is 0 Å². The quantitative estimate of drug-likeness (QED) is 0.919. The highest BCUT2D eigenvalue weighted by molar-refractivity contribution is 9.10. The zero-order chi connectivity index (χ0) is 12.3. The van der Waals surface area contributed by atoms with E-state index in [1.54, 1.807) is 12.1 Å². The van der Waals surface area contributed by atoms with Gasteiger partial charge in [-0.1, -0.05) is 29.8 Å². The number of aromatic carboxylic acids is 1. The maximum Gasteiger partial charge on any atom is 0.339 e.